The van der Waals surface area contributed by atoms with E-state index in [0.29, 0.717) is 30.9 Å². The number of hydrogen-bond acceptors (Lipinski definition) is 7. The maximum atomic E-state index is 13.6. The zero-order chi connectivity index (χ0) is 30.4. The molecule has 224 valence electrons. The molecule has 3 atom stereocenters. The van der Waals surface area contributed by atoms with Crippen LogP contribution in [-0.2, 0) is 14.4 Å². The van der Waals surface area contributed by atoms with Crippen molar-refractivity contribution >= 4 is 34.4 Å². The van der Waals surface area contributed by atoms with Crippen LogP contribution in [0.2, 0.25) is 0 Å². The third kappa shape index (κ3) is 7.65. The molecular weight excluding hydrogens is 538 g/mol. The number of methoxy groups -OCH3 is 1. The number of aromatic nitrogens is 2. The standard InChI is InChI=1S/C31H39N5O6/c1-17(2)11-25(36-31(40)26-15-22-23(34-26)7-6-8-28(22)41-5)30(39)35-24(14-20-9-10-32-29(20)38)27(37)16-42-21-12-18(3)33-19(4)13-21/h6-8,12-13,15,17,20,24-25,34H,9-11,14,16H2,1-5H3,(H,32,38)(H,35,39)(H,36,40). The summed E-state index contributed by atoms with van der Waals surface area (Å²) in [6.07, 6.45) is 1.05. The number of fused-ring (bicyclic) bond motifs is 1. The van der Waals surface area contributed by atoms with Gasteiger partial charge in [0.05, 0.1) is 13.2 Å². The molecule has 11 nitrogen and oxygen atoms in total. The summed E-state index contributed by atoms with van der Waals surface area (Å²) in [5, 5.41) is 9.18. The Hall–Kier alpha value is -4.41. The summed E-state index contributed by atoms with van der Waals surface area (Å²) >= 11 is 0. The first-order valence-corrected chi connectivity index (χ1v) is 14.2. The summed E-state index contributed by atoms with van der Waals surface area (Å²) in [5.41, 5.74) is 2.52. The van der Waals surface area contributed by atoms with Crippen LogP contribution < -0.4 is 25.4 Å². The normalized spacial score (nSPS) is 16.1. The molecule has 1 saturated heterocycles. The quantitative estimate of drug-likeness (QED) is 0.244. The molecule has 1 aliphatic rings. The predicted octanol–water partition coefficient (Wildman–Crippen LogP) is 2.99. The van der Waals surface area contributed by atoms with Crippen LogP contribution in [0.1, 0.15) is 55.0 Å². The Morgan fingerprint density at radius 2 is 1.81 bits per heavy atom. The molecule has 4 rings (SSSR count). The van der Waals surface area contributed by atoms with Gasteiger partial charge in [0.1, 0.15) is 29.8 Å². The molecule has 1 aromatic carbocycles. The van der Waals surface area contributed by atoms with Crippen molar-refractivity contribution < 1.29 is 28.7 Å². The molecule has 3 heterocycles. The second-order valence-corrected chi connectivity index (χ2v) is 11.2. The van der Waals surface area contributed by atoms with Gasteiger partial charge in [-0.25, -0.2) is 0 Å². The van der Waals surface area contributed by atoms with E-state index in [4.69, 9.17) is 9.47 Å². The zero-order valence-electron chi connectivity index (χ0n) is 24.7. The summed E-state index contributed by atoms with van der Waals surface area (Å²) in [5.74, 6) is -0.703. The fourth-order valence-corrected chi connectivity index (χ4v) is 5.20. The Bertz CT molecular complexity index is 1450. The number of H-pyrrole nitrogens is 1. The molecular formula is C31H39N5O6. The maximum Gasteiger partial charge on any atom is 0.268 e. The number of nitrogens with zero attached hydrogens (tertiary/aromatic N) is 1. The lowest BCUT2D eigenvalue weighted by Crippen LogP contribution is -2.53. The SMILES string of the molecule is COc1cccc2[nH]c(C(=O)NC(CC(C)C)C(=O)NC(CC3CCNC3=O)C(=O)COc3cc(C)nc(C)c3)cc12. The average Bonchev–Trinajstić information content (AvgIpc) is 3.56. The Balaban J connectivity index is 1.50. The van der Waals surface area contributed by atoms with Gasteiger partial charge < -0.3 is 30.4 Å². The highest BCUT2D eigenvalue weighted by atomic mass is 16.5. The van der Waals surface area contributed by atoms with Gasteiger partial charge in [0.2, 0.25) is 11.8 Å². The predicted molar refractivity (Wildman–Crippen MR) is 157 cm³/mol. The number of carbonyl (C=O) groups is 4. The van der Waals surface area contributed by atoms with E-state index in [1.807, 2.05) is 39.8 Å². The molecule has 3 aromatic rings. The van der Waals surface area contributed by atoms with Gasteiger partial charge in [0.25, 0.3) is 5.91 Å². The number of aryl methyl sites for hydroxylation is 2. The molecule has 3 unspecified atom stereocenters. The van der Waals surface area contributed by atoms with Crippen LogP contribution in [0.4, 0.5) is 0 Å². The van der Waals surface area contributed by atoms with Gasteiger partial charge in [0, 0.05) is 46.9 Å². The second kappa shape index (κ2) is 13.5. The summed E-state index contributed by atoms with van der Waals surface area (Å²) in [6.45, 7) is 7.78. The van der Waals surface area contributed by atoms with Crippen LogP contribution in [0.5, 0.6) is 11.5 Å². The van der Waals surface area contributed by atoms with Crippen LogP contribution in [-0.4, -0.2) is 65.8 Å². The molecule has 0 spiro atoms. The lowest BCUT2D eigenvalue weighted by atomic mass is 9.95. The minimum absolute atomic E-state index is 0.0696. The van der Waals surface area contributed by atoms with Crippen molar-refractivity contribution in [1.29, 1.82) is 0 Å². The fraction of sp³-hybridized carbons (Fsp3) is 0.452. The van der Waals surface area contributed by atoms with Crippen LogP contribution >= 0.6 is 0 Å². The minimum atomic E-state index is -0.973. The smallest absolute Gasteiger partial charge is 0.268 e. The fourth-order valence-electron chi connectivity index (χ4n) is 5.20. The highest BCUT2D eigenvalue weighted by molar-refractivity contribution is 6.02. The summed E-state index contributed by atoms with van der Waals surface area (Å²) in [7, 11) is 1.56. The molecule has 0 aliphatic carbocycles. The van der Waals surface area contributed by atoms with Gasteiger partial charge in [-0.3, -0.25) is 24.2 Å². The summed E-state index contributed by atoms with van der Waals surface area (Å²) < 4.78 is 11.1. The van der Waals surface area contributed by atoms with Gasteiger partial charge in [-0.05, 0) is 57.2 Å². The molecule has 3 amide bonds. The van der Waals surface area contributed by atoms with E-state index in [9.17, 15) is 19.2 Å². The van der Waals surface area contributed by atoms with Crippen molar-refractivity contribution in [3.8, 4) is 11.5 Å². The lowest BCUT2D eigenvalue weighted by molar-refractivity contribution is -0.131. The number of nitrogens with one attached hydrogen (secondary N) is 4. The van der Waals surface area contributed by atoms with Crippen LogP contribution in [0.15, 0.2) is 36.4 Å². The number of amides is 3. The third-order valence-corrected chi connectivity index (χ3v) is 7.24. The first-order valence-electron chi connectivity index (χ1n) is 14.2. The molecule has 0 radical (unpaired) electrons. The number of aromatic amines is 1. The van der Waals surface area contributed by atoms with E-state index in [-0.39, 0.29) is 36.3 Å². The average molecular weight is 578 g/mol. The van der Waals surface area contributed by atoms with Gasteiger partial charge >= 0.3 is 0 Å². The van der Waals surface area contributed by atoms with Crippen molar-refractivity contribution in [2.24, 2.45) is 11.8 Å². The molecule has 0 saturated carbocycles. The first kappa shape index (κ1) is 30.5. The number of ether oxygens (including phenoxy) is 2. The zero-order valence-corrected chi connectivity index (χ0v) is 24.7. The molecule has 11 heteroatoms. The van der Waals surface area contributed by atoms with Crippen molar-refractivity contribution in [2.45, 2.75) is 59.0 Å². The van der Waals surface area contributed by atoms with Crippen LogP contribution in [0, 0.1) is 25.7 Å². The van der Waals surface area contributed by atoms with Crippen LogP contribution in [0.3, 0.4) is 0 Å². The summed E-state index contributed by atoms with van der Waals surface area (Å²) in [6, 6.07) is 8.70. The minimum Gasteiger partial charge on any atom is -0.496 e. The van der Waals surface area contributed by atoms with Crippen molar-refractivity contribution in [1.82, 2.24) is 25.9 Å². The molecule has 2 aromatic heterocycles. The largest absolute Gasteiger partial charge is 0.496 e. The second-order valence-electron chi connectivity index (χ2n) is 11.2. The molecule has 1 aliphatic heterocycles. The number of carbonyl (C=O) groups excluding carboxylic acids is 4. The maximum absolute atomic E-state index is 13.6. The Kier molecular flexibility index (Phi) is 9.82. The number of rotatable bonds is 13. The van der Waals surface area contributed by atoms with E-state index in [2.05, 4.69) is 25.9 Å². The molecule has 42 heavy (non-hydrogen) atoms. The number of ketones is 1. The van der Waals surface area contributed by atoms with E-state index in [1.54, 1.807) is 31.4 Å². The van der Waals surface area contributed by atoms with Gasteiger partial charge in [-0.1, -0.05) is 19.9 Å². The Morgan fingerprint density at radius 3 is 2.45 bits per heavy atom. The lowest BCUT2D eigenvalue weighted by Gasteiger charge is -2.25. The highest BCUT2D eigenvalue weighted by Crippen LogP contribution is 2.26. The Morgan fingerprint density at radius 1 is 1.07 bits per heavy atom. The van der Waals surface area contributed by atoms with Crippen molar-refractivity contribution in [3.05, 3.63) is 53.5 Å². The number of hydrogen-bond donors (Lipinski definition) is 4. The highest BCUT2D eigenvalue weighted by Gasteiger charge is 2.33. The van der Waals surface area contributed by atoms with Crippen molar-refractivity contribution in [2.75, 3.05) is 20.3 Å². The van der Waals surface area contributed by atoms with E-state index in [1.165, 1.54) is 0 Å². The third-order valence-electron chi connectivity index (χ3n) is 7.24. The molecule has 0 bridgehead atoms. The molecule has 1 fully saturated rings. The first-order chi connectivity index (χ1) is 20.0. The van der Waals surface area contributed by atoms with Gasteiger partial charge in [-0.15, -0.1) is 0 Å². The number of pyridine rings is 1. The topological polar surface area (TPSA) is 152 Å². The monoisotopic (exact) mass is 577 g/mol. The number of benzene rings is 1. The van der Waals surface area contributed by atoms with E-state index in [0.717, 1.165) is 22.3 Å². The van der Waals surface area contributed by atoms with Gasteiger partial charge in [-0.2, -0.15) is 0 Å². The van der Waals surface area contributed by atoms with Gasteiger partial charge in [0.15, 0.2) is 5.78 Å². The number of Topliss-reactive ketones (excluding diaryl/α,β-unsaturated/α-hetero) is 1. The summed E-state index contributed by atoms with van der Waals surface area (Å²) in [4.78, 5) is 59.9. The van der Waals surface area contributed by atoms with E-state index >= 15 is 0 Å². The van der Waals surface area contributed by atoms with Crippen molar-refractivity contribution in [3.63, 3.8) is 0 Å². The molecule has 4 N–H and O–H groups in total. The van der Waals surface area contributed by atoms with Crippen LogP contribution in [0.25, 0.3) is 10.9 Å². The Labute approximate surface area is 245 Å². The van der Waals surface area contributed by atoms with E-state index < -0.39 is 29.8 Å².